The van der Waals surface area contributed by atoms with Crippen LogP contribution in [0.4, 0.5) is 10.5 Å². The molecular weight excluding hydrogens is 394 g/mol. The molecule has 0 radical (unpaired) electrons. The minimum absolute atomic E-state index is 0.0655. The van der Waals surface area contributed by atoms with Crippen LogP contribution in [0, 0.1) is 0 Å². The van der Waals surface area contributed by atoms with Gasteiger partial charge in [-0.1, -0.05) is 35.9 Å². The second-order valence-corrected chi connectivity index (χ2v) is 8.24. The van der Waals surface area contributed by atoms with Gasteiger partial charge < -0.3 is 10.2 Å². The number of nitrogens with zero attached hydrogens (tertiary/aromatic N) is 1. The van der Waals surface area contributed by atoms with E-state index in [9.17, 15) is 4.79 Å². The highest BCUT2D eigenvalue weighted by atomic mass is 35.5. The number of likely N-dealkylation sites (tertiary alicyclic amines) is 1. The van der Waals surface area contributed by atoms with Crippen molar-refractivity contribution in [1.29, 1.82) is 0 Å². The summed E-state index contributed by atoms with van der Waals surface area (Å²) in [5.41, 5.74) is 5.51. The molecule has 4 rings (SSSR count). The number of carbonyl (C=O) groups is 1. The number of carbonyl (C=O) groups excluding carboxylic acids is 1. The molecule has 2 amide bonds. The third-order valence-corrected chi connectivity index (χ3v) is 6.22. The lowest BCUT2D eigenvalue weighted by Gasteiger charge is -2.36. The quantitative estimate of drug-likeness (QED) is 0.692. The van der Waals surface area contributed by atoms with Gasteiger partial charge >= 0.3 is 6.03 Å². The summed E-state index contributed by atoms with van der Waals surface area (Å²) in [6.45, 7) is 1.28. The molecule has 2 aromatic carbocycles. The molecule has 7 heteroatoms. The summed E-state index contributed by atoms with van der Waals surface area (Å²) in [6, 6.07) is 15.4. The lowest BCUT2D eigenvalue weighted by atomic mass is 9.90. The van der Waals surface area contributed by atoms with E-state index < -0.39 is 0 Å². The maximum atomic E-state index is 12.7. The van der Waals surface area contributed by atoms with Crippen molar-refractivity contribution in [2.75, 3.05) is 24.7 Å². The van der Waals surface area contributed by atoms with Crippen molar-refractivity contribution in [3.63, 3.8) is 0 Å². The first-order chi connectivity index (χ1) is 13.6. The van der Waals surface area contributed by atoms with Crippen LogP contribution in [-0.4, -0.2) is 35.9 Å². The zero-order valence-electron chi connectivity index (χ0n) is 15.6. The summed E-state index contributed by atoms with van der Waals surface area (Å²) in [6.07, 6.45) is 5.63. The Morgan fingerprint density at radius 3 is 2.61 bits per heavy atom. The van der Waals surface area contributed by atoms with Gasteiger partial charge in [0.1, 0.15) is 5.60 Å². The molecule has 2 aromatic rings. The molecular formula is C21H22ClN3O2S. The molecule has 2 heterocycles. The molecule has 28 heavy (non-hydrogen) atoms. The van der Waals surface area contributed by atoms with Gasteiger partial charge in [0, 0.05) is 35.8 Å². The average molecular weight is 416 g/mol. The number of nitrogens with one attached hydrogen (secondary N) is 2. The van der Waals surface area contributed by atoms with Crippen LogP contribution >= 0.6 is 23.4 Å². The van der Waals surface area contributed by atoms with E-state index in [1.54, 1.807) is 11.8 Å². The molecule has 0 bridgehead atoms. The summed E-state index contributed by atoms with van der Waals surface area (Å²) in [5.74, 6) is 0. The van der Waals surface area contributed by atoms with Crippen molar-refractivity contribution in [2.45, 2.75) is 23.3 Å². The molecule has 0 saturated carbocycles. The molecule has 0 aromatic heterocycles. The first kappa shape index (κ1) is 19.2. The van der Waals surface area contributed by atoms with E-state index in [1.807, 2.05) is 59.7 Å². The molecule has 1 fully saturated rings. The molecule has 5 nitrogen and oxygen atoms in total. The second-order valence-electron chi connectivity index (χ2n) is 6.95. The van der Waals surface area contributed by atoms with Crippen molar-refractivity contribution in [1.82, 2.24) is 10.4 Å². The van der Waals surface area contributed by atoms with E-state index >= 15 is 0 Å². The predicted molar refractivity (Wildman–Crippen MR) is 114 cm³/mol. The van der Waals surface area contributed by atoms with Gasteiger partial charge in [0.05, 0.1) is 11.4 Å². The molecule has 1 spiro atoms. The Balaban J connectivity index is 1.39. The smallest absolute Gasteiger partial charge is 0.321 e. The Hall–Kier alpha value is -2.15. The standard InChI is InChI=1S/C21H22ClN3O2S/c1-28-19-5-3-2-4-17(19)23-20(26)25-12-10-21(11-13-25)14-18(24-27-21)15-6-8-16(22)9-7-15/h2-9,14,24H,10-13H2,1H3,(H,23,26). The molecule has 2 aliphatic rings. The van der Waals surface area contributed by atoms with E-state index in [2.05, 4.69) is 16.9 Å². The van der Waals surface area contributed by atoms with Crippen LogP contribution in [0.2, 0.25) is 5.02 Å². The Bertz CT molecular complexity index is 893. The minimum atomic E-state index is -0.372. The van der Waals surface area contributed by atoms with E-state index in [0.717, 1.165) is 34.7 Å². The fourth-order valence-electron chi connectivity index (χ4n) is 3.53. The molecule has 0 aliphatic carbocycles. The number of benzene rings is 2. The van der Waals surface area contributed by atoms with Crippen molar-refractivity contribution in [2.24, 2.45) is 0 Å². The van der Waals surface area contributed by atoms with Crippen molar-refractivity contribution < 1.29 is 9.63 Å². The van der Waals surface area contributed by atoms with E-state index in [1.165, 1.54) is 0 Å². The minimum Gasteiger partial charge on any atom is -0.324 e. The van der Waals surface area contributed by atoms with Gasteiger partial charge in [-0.05, 0) is 42.2 Å². The number of amides is 2. The number of anilines is 1. The Morgan fingerprint density at radius 2 is 1.89 bits per heavy atom. The summed E-state index contributed by atoms with van der Waals surface area (Å²) in [7, 11) is 0. The average Bonchev–Trinajstić information content (AvgIpc) is 3.13. The number of thioether (sulfide) groups is 1. The van der Waals surface area contributed by atoms with Crippen LogP contribution < -0.4 is 10.8 Å². The fraction of sp³-hybridized carbons (Fsp3) is 0.286. The van der Waals surface area contributed by atoms with Gasteiger partial charge in [0.25, 0.3) is 0 Å². The zero-order chi connectivity index (χ0) is 19.6. The number of urea groups is 1. The van der Waals surface area contributed by atoms with Gasteiger partial charge in [0.2, 0.25) is 0 Å². The summed E-state index contributed by atoms with van der Waals surface area (Å²) in [5, 5.41) is 3.74. The van der Waals surface area contributed by atoms with Gasteiger partial charge in [-0.3, -0.25) is 10.3 Å². The number of hydrogen-bond acceptors (Lipinski definition) is 4. The normalized spacial score (nSPS) is 17.9. The summed E-state index contributed by atoms with van der Waals surface area (Å²) in [4.78, 5) is 21.5. The maximum absolute atomic E-state index is 12.7. The molecule has 146 valence electrons. The first-order valence-electron chi connectivity index (χ1n) is 9.20. The third-order valence-electron chi connectivity index (χ3n) is 5.17. The highest BCUT2D eigenvalue weighted by molar-refractivity contribution is 7.98. The molecule has 0 atom stereocenters. The lowest BCUT2D eigenvalue weighted by molar-refractivity contribution is -0.0634. The predicted octanol–water partition coefficient (Wildman–Crippen LogP) is 5.00. The molecule has 2 N–H and O–H groups in total. The number of rotatable bonds is 3. The molecule has 1 saturated heterocycles. The summed E-state index contributed by atoms with van der Waals surface area (Å²) >= 11 is 7.59. The molecule has 0 unspecified atom stereocenters. The number of para-hydroxylation sites is 1. The van der Waals surface area contributed by atoms with E-state index in [0.29, 0.717) is 18.1 Å². The van der Waals surface area contributed by atoms with Gasteiger partial charge in [-0.2, -0.15) is 0 Å². The van der Waals surface area contributed by atoms with Crippen LogP contribution in [0.1, 0.15) is 18.4 Å². The Morgan fingerprint density at radius 1 is 1.18 bits per heavy atom. The van der Waals surface area contributed by atoms with Crippen molar-refractivity contribution in [3.8, 4) is 0 Å². The highest BCUT2D eigenvalue weighted by Crippen LogP contribution is 2.35. The van der Waals surface area contributed by atoms with Crippen molar-refractivity contribution in [3.05, 3.63) is 65.2 Å². The zero-order valence-corrected chi connectivity index (χ0v) is 17.1. The number of piperidine rings is 1. The van der Waals surface area contributed by atoms with Crippen LogP contribution in [0.5, 0.6) is 0 Å². The van der Waals surface area contributed by atoms with Gasteiger partial charge in [-0.15, -0.1) is 11.8 Å². The maximum Gasteiger partial charge on any atom is 0.321 e. The lowest BCUT2D eigenvalue weighted by Crippen LogP contribution is -2.48. The van der Waals surface area contributed by atoms with Gasteiger partial charge in [-0.25, -0.2) is 4.79 Å². The first-order valence-corrected chi connectivity index (χ1v) is 10.8. The largest absolute Gasteiger partial charge is 0.324 e. The van der Waals surface area contributed by atoms with Crippen LogP contribution in [0.15, 0.2) is 59.5 Å². The number of hydroxylamine groups is 1. The molecule has 2 aliphatic heterocycles. The number of halogens is 1. The van der Waals surface area contributed by atoms with Crippen molar-refractivity contribution >= 4 is 40.8 Å². The van der Waals surface area contributed by atoms with E-state index in [4.69, 9.17) is 16.4 Å². The highest BCUT2D eigenvalue weighted by Gasteiger charge is 2.39. The van der Waals surface area contributed by atoms with Crippen LogP contribution in [0.3, 0.4) is 0 Å². The van der Waals surface area contributed by atoms with E-state index in [-0.39, 0.29) is 11.6 Å². The third kappa shape index (κ3) is 3.99. The summed E-state index contributed by atoms with van der Waals surface area (Å²) < 4.78 is 0. The second kappa shape index (κ2) is 8.07. The fourth-order valence-corrected chi connectivity index (χ4v) is 4.21. The SMILES string of the molecule is CSc1ccccc1NC(=O)N1CCC2(C=C(c3ccc(Cl)cc3)NO2)CC1. The number of hydrogen-bond donors (Lipinski definition) is 2. The Labute approximate surface area is 174 Å². The van der Waals surface area contributed by atoms with Gasteiger partial charge in [0.15, 0.2) is 0 Å². The van der Waals surface area contributed by atoms with Crippen LogP contribution in [-0.2, 0) is 4.84 Å². The monoisotopic (exact) mass is 415 g/mol. The van der Waals surface area contributed by atoms with Crippen LogP contribution in [0.25, 0.3) is 5.70 Å². The Kier molecular flexibility index (Phi) is 5.53. The topological polar surface area (TPSA) is 53.6 Å².